The minimum atomic E-state index is -1.20. The summed E-state index contributed by atoms with van der Waals surface area (Å²) < 4.78 is 4.87. The summed E-state index contributed by atoms with van der Waals surface area (Å²) in [5.74, 6) is -0.769. The van der Waals surface area contributed by atoms with Crippen LogP contribution in [0.1, 0.15) is 27.2 Å². The van der Waals surface area contributed by atoms with Gasteiger partial charge in [0.15, 0.2) is 0 Å². The highest BCUT2D eigenvalue weighted by Gasteiger charge is 2.69. The molecule has 0 radical (unpaired) electrons. The molecule has 2 heterocycles. The molecule has 0 saturated carbocycles. The van der Waals surface area contributed by atoms with E-state index in [4.69, 9.17) is 4.74 Å². The standard InChI is InChI=1S/C10H15NO4/c1-9(2,3)7(13)10-5(15-8(10)14)4-6(12)11-10/h5,7,13H,4H2,1-3H3,(H,11,12). The van der Waals surface area contributed by atoms with Crippen molar-refractivity contribution in [3.05, 3.63) is 0 Å². The summed E-state index contributed by atoms with van der Waals surface area (Å²) in [4.78, 5) is 22.7. The van der Waals surface area contributed by atoms with Crippen LogP contribution in [0.2, 0.25) is 0 Å². The number of aliphatic hydroxyl groups is 1. The zero-order valence-corrected chi connectivity index (χ0v) is 9.03. The number of fused-ring (bicyclic) bond motifs is 1. The van der Waals surface area contributed by atoms with E-state index in [0.717, 1.165) is 0 Å². The molecule has 0 aromatic rings. The summed E-state index contributed by atoms with van der Waals surface area (Å²) in [6, 6.07) is 0. The third kappa shape index (κ3) is 1.19. The molecule has 0 spiro atoms. The number of nitrogens with one attached hydrogen (secondary N) is 1. The number of carbonyl (C=O) groups excluding carboxylic acids is 2. The lowest BCUT2D eigenvalue weighted by Gasteiger charge is -2.48. The first-order valence-electron chi connectivity index (χ1n) is 4.98. The van der Waals surface area contributed by atoms with Crippen LogP contribution in [0.15, 0.2) is 0 Å². The summed E-state index contributed by atoms with van der Waals surface area (Å²) in [5, 5.41) is 12.7. The molecule has 2 N–H and O–H groups in total. The van der Waals surface area contributed by atoms with Crippen LogP contribution >= 0.6 is 0 Å². The van der Waals surface area contributed by atoms with Gasteiger partial charge in [0.1, 0.15) is 6.10 Å². The lowest BCUT2D eigenvalue weighted by Crippen LogP contribution is -2.74. The average Bonchev–Trinajstić information content (AvgIpc) is 2.35. The highest BCUT2D eigenvalue weighted by Crippen LogP contribution is 2.42. The number of esters is 1. The van der Waals surface area contributed by atoms with E-state index in [1.165, 1.54) is 0 Å². The number of carbonyl (C=O) groups is 2. The van der Waals surface area contributed by atoms with E-state index in [-0.39, 0.29) is 12.3 Å². The van der Waals surface area contributed by atoms with Crippen molar-refractivity contribution in [2.24, 2.45) is 5.41 Å². The number of amides is 1. The van der Waals surface area contributed by atoms with Crippen LogP contribution in [0.4, 0.5) is 0 Å². The molecule has 3 atom stereocenters. The second-order valence-corrected chi connectivity index (χ2v) is 5.28. The van der Waals surface area contributed by atoms with Gasteiger partial charge < -0.3 is 15.2 Å². The van der Waals surface area contributed by atoms with Crippen molar-refractivity contribution in [2.45, 2.75) is 44.9 Å². The second-order valence-electron chi connectivity index (χ2n) is 5.28. The second kappa shape index (κ2) is 2.72. The minimum absolute atomic E-state index is 0.152. The van der Waals surface area contributed by atoms with Crippen LogP contribution < -0.4 is 5.32 Å². The summed E-state index contributed by atoms with van der Waals surface area (Å²) >= 11 is 0. The molecule has 5 nitrogen and oxygen atoms in total. The van der Waals surface area contributed by atoms with E-state index in [2.05, 4.69) is 5.32 Å². The van der Waals surface area contributed by atoms with Crippen molar-refractivity contribution in [3.8, 4) is 0 Å². The van der Waals surface area contributed by atoms with Gasteiger partial charge in [0, 0.05) is 0 Å². The number of hydrogen-bond donors (Lipinski definition) is 2. The van der Waals surface area contributed by atoms with Gasteiger partial charge in [-0.25, -0.2) is 4.79 Å². The zero-order chi connectivity index (χ0) is 11.4. The summed E-state index contributed by atoms with van der Waals surface area (Å²) in [6.45, 7) is 5.46. The Morgan fingerprint density at radius 2 is 2.13 bits per heavy atom. The number of ether oxygens (including phenoxy) is 1. The fourth-order valence-electron chi connectivity index (χ4n) is 2.22. The Morgan fingerprint density at radius 3 is 2.53 bits per heavy atom. The zero-order valence-electron chi connectivity index (χ0n) is 9.03. The molecule has 2 aliphatic rings. The molecule has 5 heteroatoms. The molecule has 15 heavy (non-hydrogen) atoms. The van der Waals surface area contributed by atoms with Gasteiger partial charge in [0.25, 0.3) is 0 Å². The van der Waals surface area contributed by atoms with Crippen molar-refractivity contribution in [2.75, 3.05) is 0 Å². The quantitative estimate of drug-likeness (QED) is 0.580. The van der Waals surface area contributed by atoms with Gasteiger partial charge in [-0.1, -0.05) is 20.8 Å². The van der Waals surface area contributed by atoms with E-state index < -0.39 is 29.1 Å². The predicted octanol–water partition coefficient (Wildman–Crippen LogP) is -0.423. The SMILES string of the molecule is CC(C)(C)C(O)C12NC(=O)CC1OC2=O. The molecule has 0 aromatic carbocycles. The fourth-order valence-corrected chi connectivity index (χ4v) is 2.22. The normalized spacial score (nSPS) is 36.4. The predicted molar refractivity (Wildman–Crippen MR) is 50.8 cm³/mol. The molecule has 2 rings (SSSR count). The van der Waals surface area contributed by atoms with E-state index >= 15 is 0 Å². The van der Waals surface area contributed by atoms with Gasteiger partial charge in [-0.15, -0.1) is 0 Å². The average molecular weight is 213 g/mol. The number of rotatable bonds is 1. The Kier molecular flexibility index (Phi) is 1.89. The first-order valence-corrected chi connectivity index (χ1v) is 4.98. The monoisotopic (exact) mass is 213 g/mol. The van der Waals surface area contributed by atoms with Gasteiger partial charge >= 0.3 is 5.97 Å². The van der Waals surface area contributed by atoms with Crippen molar-refractivity contribution < 1.29 is 19.4 Å². The van der Waals surface area contributed by atoms with Crippen LogP contribution in [0.3, 0.4) is 0 Å². The van der Waals surface area contributed by atoms with Gasteiger partial charge in [0.05, 0.1) is 12.5 Å². The van der Waals surface area contributed by atoms with Gasteiger partial charge in [0.2, 0.25) is 11.4 Å². The number of hydrogen-bond acceptors (Lipinski definition) is 4. The Morgan fingerprint density at radius 1 is 1.53 bits per heavy atom. The third-order valence-corrected chi connectivity index (χ3v) is 3.06. The van der Waals surface area contributed by atoms with Crippen molar-refractivity contribution >= 4 is 11.9 Å². The highest BCUT2D eigenvalue weighted by atomic mass is 16.6. The molecule has 2 fully saturated rings. The van der Waals surface area contributed by atoms with Crippen LogP contribution in [0.5, 0.6) is 0 Å². The Balaban J connectivity index is 2.33. The summed E-state index contributed by atoms with van der Waals surface area (Å²) in [6.07, 6.45) is -1.28. The maximum Gasteiger partial charge on any atom is 0.338 e. The molecule has 2 saturated heterocycles. The molecule has 3 unspecified atom stereocenters. The topological polar surface area (TPSA) is 75.6 Å². The first-order chi connectivity index (χ1) is 6.78. The maximum atomic E-state index is 11.5. The largest absolute Gasteiger partial charge is 0.457 e. The van der Waals surface area contributed by atoms with Crippen LogP contribution in [-0.4, -0.2) is 34.7 Å². The minimum Gasteiger partial charge on any atom is -0.457 e. The fraction of sp³-hybridized carbons (Fsp3) is 0.800. The molecular weight excluding hydrogens is 198 g/mol. The lowest BCUT2D eigenvalue weighted by molar-refractivity contribution is -0.207. The summed E-state index contributed by atoms with van der Waals surface area (Å²) in [5.41, 5.74) is -1.68. The lowest BCUT2D eigenvalue weighted by atomic mass is 9.72. The first kappa shape index (κ1) is 10.4. The van der Waals surface area contributed by atoms with Crippen molar-refractivity contribution in [3.63, 3.8) is 0 Å². The smallest absolute Gasteiger partial charge is 0.338 e. The summed E-state index contributed by atoms with van der Waals surface area (Å²) in [7, 11) is 0. The van der Waals surface area contributed by atoms with Crippen LogP contribution in [0, 0.1) is 5.41 Å². The molecule has 0 bridgehead atoms. The van der Waals surface area contributed by atoms with E-state index in [9.17, 15) is 14.7 Å². The molecule has 0 aliphatic carbocycles. The van der Waals surface area contributed by atoms with E-state index in [1.54, 1.807) is 0 Å². The van der Waals surface area contributed by atoms with Crippen LogP contribution in [0.25, 0.3) is 0 Å². The van der Waals surface area contributed by atoms with Gasteiger partial charge in [-0.2, -0.15) is 0 Å². The molecule has 0 aromatic heterocycles. The molecular formula is C10H15NO4. The van der Waals surface area contributed by atoms with Gasteiger partial charge in [-0.05, 0) is 5.41 Å². The van der Waals surface area contributed by atoms with Crippen molar-refractivity contribution in [1.29, 1.82) is 0 Å². The molecule has 2 aliphatic heterocycles. The third-order valence-electron chi connectivity index (χ3n) is 3.06. The Bertz CT molecular complexity index is 333. The van der Waals surface area contributed by atoms with Crippen LogP contribution in [-0.2, 0) is 14.3 Å². The molecule has 84 valence electrons. The Hall–Kier alpha value is -1.10. The number of aliphatic hydroxyl groups excluding tert-OH is 1. The van der Waals surface area contributed by atoms with Crippen molar-refractivity contribution in [1.82, 2.24) is 5.32 Å². The highest BCUT2D eigenvalue weighted by molar-refractivity contribution is 5.98. The van der Waals surface area contributed by atoms with Gasteiger partial charge in [-0.3, -0.25) is 4.79 Å². The molecule has 1 amide bonds. The van der Waals surface area contributed by atoms with E-state index in [0.29, 0.717) is 0 Å². The van der Waals surface area contributed by atoms with E-state index in [1.807, 2.05) is 20.8 Å². The Labute approximate surface area is 87.8 Å². The maximum absolute atomic E-state index is 11.5.